The van der Waals surface area contributed by atoms with Crippen molar-refractivity contribution < 1.29 is 0 Å². The Bertz CT molecular complexity index is 3130. The van der Waals surface area contributed by atoms with E-state index in [1.807, 2.05) is 0 Å². The largest absolute Gasteiger partial charge is 0.0619 e. The van der Waals surface area contributed by atoms with E-state index < -0.39 is 0 Å². The highest BCUT2D eigenvalue weighted by Crippen LogP contribution is 2.54. The van der Waals surface area contributed by atoms with Gasteiger partial charge in [0.25, 0.3) is 0 Å². The Hall–Kier alpha value is -6.50. The summed E-state index contributed by atoms with van der Waals surface area (Å²) in [7, 11) is 0. The molecule has 0 unspecified atom stereocenters. The molecule has 0 aromatic heterocycles. The van der Waals surface area contributed by atoms with Gasteiger partial charge in [-0.25, -0.2) is 0 Å². The number of benzene rings is 10. The second kappa shape index (κ2) is 11.1. The van der Waals surface area contributed by atoms with Gasteiger partial charge in [0, 0.05) is 10.8 Å². The number of hydrogen-bond donors (Lipinski definition) is 0. The van der Waals surface area contributed by atoms with E-state index in [0.717, 1.165) is 0 Å². The molecule has 0 aliphatic heterocycles. The van der Waals surface area contributed by atoms with Crippen LogP contribution in [0.5, 0.6) is 0 Å². The fourth-order valence-corrected chi connectivity index (χ4v) is 11.0. The van der Waals surface area contributed by atoms with Gasteiger partial charge in [-0.1, -0.05) is 185 Å². The fraction of sp³-hybridized carbons (Fsp3) is 0.107. The Morgan fingerprint density at radius 3 is 1.05 bits per heavy atom. The topological polar surface area (TPSA) is 0 Å². The van der Waals surface area contributed by atoms with Crippen LogP contribution < -0.4 is 0 Å². The lowest BCUT2D eigenvalue weighted by molar-refractivity contribution is 0.660. The van der Waals surface area contributed by atoms with E-state index in [4.69, 9.17) is 0 Å². The van der Waals surface area contributed by atoms with Crippen LogP contribution in [0.3, 0.4) is 0 Å². The Kier molecular flexibility index (Phi) is 6.28. The van der Waals surface area contributed by atoms with Crippen LogP contribution in [-0.2, 0) is 10.8 Å². The lowest BCUT2D eigenvalue weighted by Crippen LogP contribution is -2.14. The van der Waals surface area contributed by atoms with Crippen LogP contribution in [0.15, 0.2) is 170 Å². The summed E-state index contributed by atoms with van der Waals surface area (Å²) < 4.78 is 0. The third-order valence-corrected chi connectivity index (χ3v) is 13.6. The van der Waals surface area contributed by atoms with Gasteiger partial charge < -0.3 is 0 Å². The Morgan fingerprint density at radius 1 is 0.268 bits per heavy atom. The molecule has 264 valence electrons. The van der Waals surface area contributed by atoms with Crippen LogP contribution in [0.1, 0.15) is 49.9 Å². The van der Waals surface area contributed by atoms with Gasteiger partial charge in [0.15, 0.2) is 0 Å². The van der Waals surface area contributed by atoms with Crippen molar-refractivity contribution in [1.29, 1.82) is 0 Å². The molecule has 56 heavy (non-hydrogen) atoms. The van der Waals surface area contributed by atoms with Crippen molar-refractivity contribution in [3.05, 3.63) is 192 Å². The summed E-state index contributed by atoms with van der Waals surface area (Å²) in [6, 6.07) is 64.5. The summed E-state index contributed by atoms with van der Waals surface area (Å²) in [5.41, 5.74) is 16.1. The molecule has 0 bridgehead atoms. The molecule has 0 heteroatoms. The minimum atomic E-state index is -0.0504. The molecule has 2 aliphatic rings. The van der Waals surface area contributed by atoms with Crippen molar-refractivity contribution in [2.45, 2.75) is 38.5 Å². The highest BCUT2D eigenvalue weighted by atomic mass is 14.4. The first-order valence-electron chi connectivity index (χ1n) is 20.0. The van der Waals surface area contributed by atoms with Gasteiger partial charge in [-0.3, -0.25) is 0 Å². The Morgan fingerprint density at radius 2 is 0.607 bits per heavy atom. The molecule has 0 nitrogen and oxygen atoms in total. The van der Waals surface area contributed by atoms with Crippen LogP contribution in [-0.4, -0.2) is 0 Å². The summed E-state index contributed by atoms with van der Waals surface area (Å²) in [4.78, 5) is 0. The van der Waals surface area contributed by atoms with Crippen LogP contribution in [0, 0.1) is 0 Å². The first-order valence-corrected chi connectivity index (χ1v) is 20.0. The number of rotatable bonds is 2. The summed E-state index contributed by atoms with van der Waals surface area (Å²) in [5, 5.41) is 13.1. The molecule has 0 N–H and O–H groups in total. The van der Waals surface area contributed by atoms with E-state index in [1.54, 1.807) is 0 Å². The predicted molar refractivity (Wildman–Crippen MR) is 240 cm³/mol. The molecule has 0 radical (unpaired) electrons. The van der Waals surface area contributed by atoms with Gasteiger partial charge in [0.2, 0.25) is 0 Å². The molecule has 0 saturated heterocycles. The molecule has 10 aromatic rings. The molecule has 12 rings (SSSR count). The minimum absolute atomic E-state index is 0.0504. The highest BCUT2D eigenvalue weighted by Gasteiger charge is 2.38. The molecule has 0 spiro atoms. The van der Waals surface area contributed by atoms with Crippen LogP contribution in [0.4, 0.5) is 0 Å². The van der Waals surface area contributed by atoms with E-state index >= 15 is 0 Å². The van der Waals surface area contributed by atoms with Gasteiger partial charge in [-0.2, -0.15) is 0 Å². The molecular weight excluding hydrogens is 673 g/mol. The first kappa shape index (κ1) is 31.8. The van der Waals surface area contributed by atoms with Crippen molar-refractivity contribution in [2.75, 3.05) is 0 Å². The summed E-state index contributed by atoms with van der Waals surface area (Å²) in [6.07, 6.45) is 0. The average molecular weight is 713 g/mol. The van der Waals surface area contributed by atoms with E-state index in [9.17, 15) is 0 Å². The number of fused-ring (bicyclic) bond motifs is 17. The van der Waals surface area contributed by atoms with Crippen molar-refractivity contribution in [3.8, 4) is 44.5 Å². The quantitative estimate of drug-likeness (QED) is 0.157. The molecule has 2 aliphatic carbocycles. The zero-order valence-corrected chi connectivity index (χ0v) is 32.2. The lowest BCUT2D eigenvalue weighted by Gasteiger charge is -2.22. The summed E-state index contributed by atoms with van der Waals surface area (Å²) in [5.74, 6) is 0. The Balaban J connectivity index is 1.20. The maximum Gasteiger partial charge on any atom is 0.0159 e. The maximum absolute atomic E-state index is 2.50. The van der Waals surface area contributed by atoms with E-state index in [1.165, 1.54) is 121 Å². The highest BCUT2D eigenvalue weighted by molar-refractivity contribution is 6.40. The van der Waals surface area contributed by atoms with Gasteiger partial charge in [-0.05, 0) is 133 Å². The monoisotopic (exact) mass is 712 g/mol. The minimum Gasteiger partial charge on any atom is -0.0619 e. The zero-order chi connectivity index (χ0) is 37.5. The SMILES string of the molecule is CC1(C)c2ccccc2-c2c(-c3ccc4c5ccccc5c5c6cc(-c7cccc8c7-c7ccccc7C8(C)C)ccc6c6ccccc6c5c4c3)cccc21. The van der Waals surface area contributed by atoms with Crippen LogP contribution in [0.25, 0.3) is 98.4 Å². The second-order valence-electron chi connectivity index (χ2n) is 17.2. The first-order chi connectivity index (χ1) is 27.3. The normalized spacial score (nSPS) is 14.7. The molecule has 0 fully saturated rings. The van der Waals surface area contributed by atoms with Gasteiger partial charge in [0.05, 0.1) is 0 Å². The molecule has 10 aromatic carbocycles. The van der Waals surface area contributed by atoms with Crippen LogP contribution >= 0.6 is 0 Å². The lowest BCUT2D eigenvalue weighted by atomic mass is 9.81. The average Bonchev–Trinajstić information content (AvgIpc) is 3.63. The molecule has 0 atom stereocenters. The molecule has 0 amide bonds. The predicted octanol–water partition coefficient (Wildman–Crippen LogP) is 15.4. The molecule has 0 heterocycles. The summed E-state index contributed by atoms with van der Waals surface area (Å²) >= 11 is 0. The molecule has 0 saturated carbocycles. The van der Waals surface area contributed by atoms with Crippen molar-refractivity contribution in [3.63, 3.8) is 0 Å². The van der Waals surface area contributed by atoms with E-state index in [2.05, 4.69) is 198 Å². The van der Waals surface area contributed by atoms with Crippen molar-refractivity contribution in [2.24, 2.45) is 0 Å². The standard InChI is InChI=1S/C56H40/c1-55(2)47-23-11-9-19-43(47)51-35(21-13-25-49(51)55)33-27-29-39-37-15-5-8-18-42(37)54-46-32-34(28-30-40(46)38-16-6-7-17-41(38)53(54)45(39)31-33)36-22-14-26-50-52(36)44-20-10-12-24-48(44)56(50,3)4/h5-32H,1-4H3. The second-order valence-corrected chi connectivity index (χ2v) is 17.2. The fourth-order valence-electron chi connectivity index (χ4n) is 11.0. The van der Waals surface area contributed by atoms with Gasteiger partial charge in [0.1, 0.15) is 0 Å². The van der Waals surface area contributed by atoms with Gasteiger partial charge >= 0.3 is 0 Å². The third-order valence-electron chi connectivity index (χ3n) is 13.6. The molecular formula is C56H40. The van der Waals surface area contributed by atoms with Gasteiger partial charge in [-0.15, -0.1) is 0 Å². The smallest absolute Gasteiger partial charge is 0.0159 e. The zero-order valence-electron chi connectivity index (χ0n) is 32.2. The van der Waals surface area contributed by atoms with E-state index in [-0.39, 0.29) is 10.8 Å². The third kappa shape index (κ3) is 4.04. The van der Waals surface area contributed by atoms with Crippen LogP contribution in [0.2, 0.25) is 0 Å². The van der Waals surface area contributed by atoms with Crippen molar-refractivity contribution in [1.82, 2.24) is 0 Å². The Labute approximate surface area is 327 Å². The maximum atomic E-state index is 2.50. The van der Waals surface area contributed by atoms with E-state index in [0.29, 0.717) is 0 Å². The van der Waals surface area contributed by atoms with Crippen molar-refractivity contribution >= 4 is 53.9 Å². The summed E-state index contributed by atoms with van der Waals surface area (Å²) in [6.45, 7) is 9.49. The number of hydrogen-bond acceptors (Lipinski definition) is 0.